The lowest BCUT2D eigenvalue weighted by atomic mass is 9.93. The number of esters is 2. The summed E-state index contributed by atoms with van der Waals surface area (Å²) < 4.78 is 14.6. The highest BCUT2D eigenvalue weighted by molar-refractivity contribution is 5.93. The number of methoxy groups -OCH3 is 1. The molecule has 0 aromatic heterocycles. The van der Waals surface area contributed by atoms with Crippen LogP contribution < -0.4 is 5.73 Å². The molecule has 0 saturated carbocycles. The summed E-state index contributed by atoms with van der Waals surface area (Å²) in [6.45, 7) is 1.69. The number of cyclic esters (lactones) is 1. The van der Waals surface area contributed by atoms with Gasteiger partial charge >= 0.3 is 11.9 Å². The largest absolute Gasteiger partial charge is 0.465 e. The van der Waals surface area contributed by atoms with Crippen LogP contribution >= 0.6 is 0 Å². The molecule has 3 unspecified atom stereocenters. The molecule has 2 aliphatic heterocycles. The quantitative estimate of drug-likeness (QED) is 0.579. The fourth-order valence-electron chi connectivity index (χ4n) is 1.94. The van der Waals surface area contributed by atoms with Gasteiger partial charge in [-0.1, -0.05) is 0 Å². The van der Waals surface area contributed by atoms with Crippen LogP contribution in [0.3, 0.4) is 0 Å². The fraction of sp³-hybridized carbons (Fsp3) is 0.556. The molecule has 2 N–H and O–H groups in total. The Labute approximate surface area is 86.0 Å². The number of nitrogens with two attached hydrogens (primary N) is 1. The summed E-state index contributed by atoms with van der Waals surface area (Å²) in [6, 6.07) is 0. The van der Waals surface area contributed by atoms with Crippen LogP contribution in [0.15, 0.2) is 11.5 Å². The first-order valence-corrected chi connectivity index (χ1v) is 4.51. The van der Waals surface area contributed by atoms with Crippen molar-refractivity contribution in [1.29, 1.82) is 0 Å². The summed E-state index contributed by atoms with van der Waals surface area (Å²) in [7, 11) is 1.25. The fourth-order valence-corrected chi connectivity index (χ4v) is 1.94. The third kappa shape index (κ3) is 1.25. The highest BCUT2D eigenvalue weighted by atomic mass is 16.6. The van der Waals surface area contributed by atoms with Gasteiger partial charge in [0, 0.05) is 0 Å². The Kier molecular flexibility index (Phi) is 2.06. The van der Waals surface area contributed by atoms with Crippen LogP contribution in [0.2, 0.25) is 0 Å². The molecular weight excluding hydrogens is 202 g/mol. The molecule has 0 amide bonds. The molecule has 2 rings (SSSR count). The zero-order chi connectivity index (χ0) is 11.2. The van der Waals surface area contributed by atoms with Gasteiger partial charge in [0.05, 0.1) is 13.0 Å². The molecule has 3 atom stereocenters. The van der Waals surface area contributed by atoms with E-state index in [9.17, 15) is 9.59 Å². The van der Waals surface area contributed by atoms with E-state index >= 15 is 0 Å². The maximum absolute atomic E-state index is 11.4. The van der Waals surface area contributed by atoms with Crippen LogP contribution in [-0.4, -0.2) is 31.3 Å². The van der Waals surface area contributed by atoms with Gasteiger partial charge in [-0.2, -0.15) is 0 Å². The van der Waals surface area contributed by atoms with E-state index in [-0.39, 0.29) is 11.5 Å². The van der Waals surface area contributed by atoms with Gasteiger partial charge in [0.2, 0.25) is 6.10 Å². The molecule has 2 heterocycles. The smallest absolute Gasteiger partial charge is 0.348 e. The number of carbonyl (C=O) groups is 2. The second-order valence-corrected chi connectivity index (χ2v) is 3.48. The first kappa shape index (κ1) is 9.82. The molecule has 15 heavy (non-hydrogen) atoms. The minimum absolute atomic E-state index is 0.0413. The van der Waals surface area contributed by atoms with Gasteiger partial charge in [0.15, 0.2) is 5.88 Å². The Hall–Kier alpha value is -1.72. The number of carbonyl (C=O) groups excluding carboxylic acids is 2. The van der Waals surface area contributed by atoms with Crippen molar-refractivity contribution in [2.75, 3.05) is 7.11 Å². The maximum Gasteiger partial charge on any atom is 0.348 e. The number of hydrogen-bond donors (Lipinski definition) is 1. The second kappa shape index (κ2) is 3.15. The summed E-state index contributed by atoms with van der Waals surface area (Å²) in [4.78, 5) is 22.7. The van der Waals surface area contributed by atoms with Crippen molar-refractivity contribution in [2.24, 2.45) is 11.7 Å². The van der Waals surface area contributed by atoms with Gasteiger partial charge < -0.3 is 19.9 Å². The molecule has 0 aliphatic carbocycles. The number of hydrogen-bond acceptors (Lipinski definition) is 6. The van der Waals surface area contributed by atoms with Crippen molar-refractivity contribution in [3.63, 3.8) is 0 Å². The van der Waals surface area contributed by atoms with E-state index in [4.69, 9.17) is 15.2 Å². The molecule has 0 aromatic rings. The van der Waals surface area contributed by atoms with Crippen LogP contribution in [0.4, 0.5) is 0 Å². The molecule has 0 radical (unpaired) electrons. The number of ether oxygens (including phenoxy) is 3. The van der Waals surface area contributed by atoms with E-state index in [1.165, 1.54) is 7.11 Å². The molecule has 0 bridgehead atoms. The molecule has 0 aromatic carbocycles. The molecule has 1 fully saturated rings. The highest BCUT2D eigenvalue weighted by Gasteiger charge is 2.53. The van der Waals surface area contributed by atoms with Crippen LogP contribution in [0.5, 0.6) is 0 Å². The van der Waals surface area contributed by atoms with Crippen LogP contribution in [0.1, 0.15) is 6.92 Å². The Morgan fingerprint density at radius 1 is 1.47 bits per heavy atom. The highest BCUT2D eigenvalue weighted by Crippen LogP contribution is 2.38. The van der Waals surface area contributed by atoms with E-state index in [1.54, 1.807) is 6.92 Å². The molecule has 0 spiro atoms. The van der Waals surface area contributed by atoms with E-state index in [2.05, 4.69) is 4.74 Å². The van der Waals surface area contributed by atoms with Crippen molar-refractivity contribution in [1.82, 2.24) is 0 Å². The van der Waals surface area contributed by atoms with Crippen molar-refractivity contribution in [2.45, 2.75) is 19.1 Å². The van der Waals surface area contributed by atoms with Crippen LogP contribution in [-0.2, 0) is 23.8 Å². The molecule has 2 aliphatic rings. The third-order valence-electron chi connectivity index (χ3n) is 2.62. The summed E-state index contributed by atoms with van der Waals surface area (Å²) in [6.07, 6.45) is -1.22. The first-order valence-electron chi connectivity index (χ1n) is 4.51. The minimum Gasteiger partial charge on any atom is -0.465 e. The lowest BCUT2D eigenvalue weighted by Gasteiger charge is -2.10. The van der Waals surface area contributed by atoms with Crippen LogP contribution in [0.25, 0.3) is 0 Å². The molecular formula is C9H11NO5. The van der Waals surface area contributed by atoms with Gasteiger partial charge in [-0.3, -0.25) is 0 Å². The number of fused-ring (bicyclic) bond motifs is 1. The molecule has 82 valence electrons. The van der Waals surface area contributed by atoms with E-state index in [1.807, 2.05) is 0 Å². The average molecular weight is 213 g/mol. The lowest BCUT2D eigenvalue weighted by molar-refractivity contribution is -0.147. The molecule has 6 heteroatoms. The van der Waals surface area contributed by atoms with Crippen molar-refractivity contribution < 1.29 is 23.8 Å². The Balaban J connectivity index is 2.35. The topological polar surface area (TPSA) is 87.9 Å². The van der Waals surface area contributed by atoms with E-state index < -0.39 is 30.1 Å². The third-order valence-corrected chi connectivity index (χ3v) is 2.62. The minimum atomic E-state index is -0.797. The molecule has 6 nitrogen and oxygen atoms in total. The zero-order valence-corrected chi connectivity index (χ0v) is 8.35. The Morgan fingerprint density at radius 2 is 2.13 bits per heavy atom. The molecule has 1 saturated heterocycles. The van der Waals surface area contributed by atoms with Gasteiger partial charge in [-0.05, 0) is 6.92 Å². The zero-order valence-electron chi connectivity index (χ0n) is 8.35. The average Bonchev–Trinajstić information content (AvgIpc) is 2.65. The van der Waals surface area contributed by atoms with Gasteiger partial charge in [0.1, 0.15) is 11.7 Å². The lowest BCUT2D eigenvalue weighted by Crippen LogP contribution is -2.25. The Bertz CT molecular complexity index is 362. The maximum atomic E-state index is 11.4. The van der Waals surface area contributed by atoms with Crippen molar-refractivity contribution >= 4 is 11.9 Å². The number of rotatable bonds is 1. The summed E-state index contributed by atoms with van der Waals surface area (Å²) >= 11 is 0. The summed E-state index contributed by atoms with van der Waals surface area (Å²) in [5.74, 6) is -1.56. The van der Waals surface area contributed by atoms with E-state index in [0.717, 1.165) is 0 Å². The standard InChI is InChI=1S/C9H11NO5/c1-3-4-5(8(11)13-2)7(10)15-6(4)9(12)14-3/h3-4,6H,10H2,1-2H3. The SMILES string of the molecule is COC(=O)C1=C(N)OC2C(=O)OC(C)C12. The van der Waals surface area contributed by atoms with Gasteiger partial charge in [-0.15, -0.1) is 0 Å². The van der Waals surface area contributed by atoms with Crippen LogP contribution in [0, 0.1) is 5.92 Å². The van der Waals surface area contributed by atoms with Crippen molar-refractivity contribution in [3.05, 3.63) is 11.5 Å². The van der Waals surface area contributed by atoms with Gasteiger partial charge in [0.25, 0.3) is 0 Å². The van der Waals surface area contributed by atoms with Gasteiger partial charge in [-0.25, -0.2) is 9.59 Å². The Morgan fingerprint density at radius 3 is 2.73 bits per heavy atom. The summed E-state index contributed by atoms with van der Waals surface area (Å²) in [5.41, 5.74) is 5.71. The predicted octanol–water partition coefficient (Wildman–Crippen LogP) is -0.710. The first-order chi connectivity index (χ1) is 7.06. The van der Waals surface area contributed by atoms with Crippen molar-refractivity contribution in [3.8, 4) is 0 Å². The summed E-state index contributed by atoms with van der Waals surface area (Å²) in [5, 5.41) is 0. The normalized spacial score (nSPS) is 33.5. The monoisotopic (exact) mass is 213 g/mol. The predicted molar refractivity (Wildman–Crippen MR) is 47.1 cm³/mol. The van der Waals surface area contributed by atoms with E-state index in [0.29, 0.717) is 0 Å². The second-order valence-electron chi connectivity index (χ2n) is 3.48.